The van der Waals surface area contributed by atoms with Gasteiger partial charge in [-0.25, -0.2) is 4.39 Å². The number of hydrogen-bond acceptors (Lipinski definition) is 3. The minimum atomic E-state index is -0.181. The molecule has 1 aromatic heterocycles. The van der Waals surface area contributed by atoms with Crippen LogP contribution >= 0.6 is 24.0 Å². The van der Waals surface area contributed by atoms with Crippen LogP contribution in [0, 0.1) is 19.7 Å². The lowest BCUT2D eigenvalue weighted by Crippen LogP contribution is -2.51. The number of hydrogen-bond donors (Lipinski definition) is 2. The zero-order valence-corrected chi connectivity index (χ0v) is 19.1. The van der Waals surface area contributed by atoms with E-state index in [9.17, 15) is 4.39 Å². The van der Waals surface area contributed by atoms with E-state index in [2.05, 4.69) is 25.6 Å². The van der Waals surface area contributed by atoms with Crippen molar-refractivity contribution in [3.05, 3.63) is 47.5 Å². The SMILES string of the molecule is CN=C(NCCn1cc(C)cn1)NC1CCCN(c2ccc(F)cc2C)C1.I. The summed E-state index contributed by atoms with van der Waals surface area (Å²) in [5.74, 6) is 0.626. The quantitative estimate of drug-likeness (QED) is 0.377. The Hall–Kier alpha value is -1.84. The highest BCUT2D eigenvalue weighted by atomic mass is 127. The molecule has 0 radical (unpaired) electrons. The van der Waals surface area contributed by atoms with Crippen LogP contribution in [0.15, 0.2) is 35.6 Å². The summed E-state index contributed by atoms with van der Waals surface area (Å²) >= 11 is 0. The number of nitrogens with zero attached hydrogens (tertiary/aromatic N) is 4. The van der Waals surface area contributed by atoms with Crippen LogP contribution in [-0.4, -0.2) is 48.5 Å². The smallest absolute Gasteiger partial charge is 0.191 e. The van der Waals surface area contributed by atoms with E-state index in [1.54, 1.807) is 13.1 Å². The molecule has 1 fully saturated rings. The van der Waals surface area contributed by atoms with E-state index in [1.807, 2.05) is 37.0 Å². The third kappa shape index (κ3) is 6.08. The first-order valence-corrected chi connectivity index (χ1v) is 9.52. The molecule has 28 heavy (non-hydrogen) atoms. The standard InChI is InChI=1S/C20H29FN6.HI/c1-15-12-24-27(13-15)10-8-23-20(22-3)25-18-5-4-9-26(14-18)19-7-6-17(21)11-16(19)2;/h6-7,11-13,18H,4-5,8-10,14H2,1-3H3,(H2,22,23,25);1H. The Balaban J connectivity index is 0.00000280. The molecular weight excluding hydrogens is 470 g/mol. The van der Waals surface area contributed by atoms with Gasteiger partial charge < -0.3 is 15.5 Å². The molecule has 1 unspecified atom stereocenters. The van der Waals surface area contributed by atoms with Gasteiger partial charge in [-0.3, -0.25) is 9.67 Å². The van der Waals surface area contributed by atoms with Gasteiger partial charge in [0.2, 0.25) is 0 Å². The molecule has 2 N–H and O–H groups in total. The Kier molecular flexibility index (Phi) is 8.53. The second-order valence-corrected chi connectivity index (χ2v) is 7.14. The van der Waals surface area contributed by atoms with Crippen LogP contribution < -0.4 is 15.5 Å². The molecule has 0 spiro atoms. The van der Waals surface area contributed by atoms with Crippen molar-refractivity contribution in [1.82, 2.24) is 20.4 Å². The average molecular weight is 500 g/mol. The summed E-state index contributed by atoms with van der Waals surface area (Å²) in [4.78, 5) is 6.67. The molecule has 1 saturated heterocycles. The first-order valence-electron chi connectivity index (χ1n) is 9.52. The van der Waals surface area contributed by atoms with Crippen molar-refractivity contribution in [3.8, 4) is 0 Å². The van der Waals surface area contributed by atoms with Gasteiger partial charge >= 0.3 is 0 Å². The monoisotopic (exact) mass is 500 g/mol. The van der Waals surface area contributed by atoms with Crippen molar-refractivity contribution in [2.75, 3.05) is 31.6 Å². The molecule has 1 aliphatic heterocycles. The lowest BCUT2D eigenvalue weighted by Gasteiger charge is -2.36. The predicted octanol–water partition coefficient (Wildman–Crippen LogP) is 3.09. The number of rotatable bonds is 5. The number of aryl methyl sites for hydroxylation is 2. The maximum absolute atomic E-state index is 13.4. The fourth-order valence-corrected chi connectivity index (χ4v) is 3.55. The van der Waals surface area contributed by atoms with Gasteiger partial charge in [-0.05, 0) is 56.0 Å². The van der Waals surface area contributed by atoms with Gasteiger partial charge in [0, 0.05) is 44.6 Å². The van der Waals surface area contributed by atoms with E-state index in [4.69, 9.17) is 0 Å². The van der Waals surface area contributed by atoms with Gasteiger partial charge in [0.25, 0.3) is 0 Å². The number of anilines is 1. The maximum atomic E-state index is 13.4. The Bertz CT molecular complexity index is 791. The molecule has 1 aliphatic rings. The van der Waals surface area contributed by atoms with Crippen LogP contribution in [0.5, 0.6) is 0 Å². The summed E-state index contributed by atoms with van der Waals surface area (Å²) in [5.41, 5.74) is 3.25. The lowest BCUT2D eigenvalue weighted by atomic mass is 10.0. The minimum absolute atomic E-state index is 0. The van der Waals surface area contributed by atoms with Gasteiger partial charge in [0.1, 0.15) is 5.82 Å². The van der Waals surface area contributed by atoms with Crippen LogP contribution in [0.3, 0.4) is 0 Å². The van der Waals surface area contributed by atoms with Gasteiger partial charge in [0.15, 0.2) is 5.96 Å². The highest BCUT2D eigenvalue weighted by molar-refractivity contribution is 14.0. The molecule has 8 heteroatoms. The van der Waals surface area contributed by atoms with E-state index in [-0.39, 0.29) is 29.8 Å². The Morgan fingerprint density at radius 1 is 1.36 bits per heavy atom. The molecule has 2 aromatic rings. The van der Waals surface area contributed by atoms with E-state index in [1.165, 1.54) is 6.07 Å². The Morgan fingerprint density at radius 3 is 2.86 bits per heavy atom. The van der Waals surface area contributed by atoms with Crippen molar-refractivity contribution < 1.29 is 4.39 Å². The molecule has 6 nitrogen and oxygen atoms in total. The third-order valence-electron chi connectivity index (χ3n) is 4.88. The van der Waals surface area contributed by atoms with Gasteiger partial charge in [-0.1, -0.05) is 0 Å². The molecule has 3 rings (SSSR count). The van der Waals surface area contributed by atoms with E-state index in [0.29, 0.717) is 6.04 Å². The number of guanidine groups is 1. The predicted molar refractivity (Wildman–Crippen MR) is 123 cm³/mol. The van der Waals surface area contributed by atoms with Crippen molar-refractivity contribution in [2.45, 2.75) is 39.3 Å². The summed E-state index contributed by atoms with van der Waals surface area (Å²) in [6.45, 7) is 7.43. The lowest BCUT2D eigenvalue weighted by molar-refractivity contribution is 0.466. The number of piperidine rings is 1. The second-order valence-electron chi connectivity index (χ2n) is 7.14. The number of halogens is 2. The topological polar surface area (TPSA) is 57.5 Å². The van der Waals surface area contributed by atoms with Crippen molar-refractivity contribution in [3.63, 3.8) is 0 Å². The molecular formula is C20H30FIN6. The average Bonchev–Trinajstić information content (AvgIpc) is 3.06. The van der Waals surface area contributed by atoms with E-state index < -0.39 is 0 Å². The molecule has 1 aromatic carbocycles. The van der Waals surface area contributed by atoms with E-state index in [0.717, 1.165) is 61.8 Å². The van der Waals surface area contributed by atoms with Crippen LogP contribution in [0.25, 0.3) is 0 Å². The summed E-state index contributed by atoms with van der Waals surface area (Å²) in [6.07, 6.45) is 6.08. The van der Waals surface area contributed by atoms with E-state index >= 15 is 0 Å². The summed E-state index contributed by atoms with van der Waals surface area (Å²) in [6, 6.07) is 5.33. The van der Waals surface area contributed by atoms with Crippen LogP contribution in [0.1, 0.15) is 24.0 Å². The fraction of sp³-hybridized carbons (Fsp3) is 0.500. The Labute approximate surface area is 183 Å². The first kappa shape index (κ1) is 22.4. The summed E-state index contributed by atoms with van der Waals surface area (Å²) < 4.78 is 15.3. The van der Waals surface area contributed by atoms with Crippen LogP contribution in [0.4, 0.5) is 10.1 Å². The zero-order chi connectivity index (χ0) is 19.2. The molecule has 0 saturated carbocycles. The van der Waals surface area contributed by atoms with Crippen molar-refractivity contribution in [2.24, 2.45) is 4.99 Å². The molecule has 0 aliphatic carbocycles. The van der Waals surface area contributed by atoms with Crippen LogP contribution in [0.2, 0.25) is 0 Å². The molecule has 0 amide bonds. The maximum Gasteiger partial charge on any atom is 0.191 e. The highest BCUT2D eigenvalue weighted by Gasteiger charge is 2.22. The molecule has 2 heterocycles. The number of nitrogens with one attached hydrogen (secondary N) is 2. The van der Waals surface area contributed by atoms with Crippen molar-refractivity contribution in [1.29, 1.82) is 0 Å². The number of aliphatic imine (C=N–C) groups is 1. The van der Waals surface area contributed by atoms with Gasteiger partial charge in [-0.15, -0.1) is 24.0 Å². The second kappa shape index (κ2) is 10.6. The first-order chi connectivity index (χ1) is 13.0. The van der Waals surface area contributed by atoms with Crippen molar-refractivity contribution >= 4 is 35.6 Å². The number of benzene rings is 1. The molecule has 1 atom stereocenters. The van der Waals surface area contributed by atoms with Gasteiger partial charge in [-0.2, -0.15) is 5.10 Å². The molecule has 154 valence electrons. The normalized spacial score (nSPS) is 17.2. The minimum Gasteiger partial charge on any atom is -0.369 e. The number of aromatic nitrogens is 2. The third-order valence-corrected chi connectivity index (χ3v) is 4.88. The van der Waals surface area contributed by atoms with Gasteiger partial charge in [0.05, 0.1) is 12.7 Å². The summed E-state index contributed by atoms with van der Waals surface area (Å²) in [7, 11) is 1.79. The largest absolute Gasteiger partial charge is 0.369 e. The fourth-order valence-electron chi connectivity index (χ4n) is 3.55. The Morgan fingerprint density at radius 2 is 2.18 bits per heavy atom. The zero-order valence-electron chi connectivity index (χ0n) is 16.8. The highest BCUT2D eigenvalue weighted by Crippen LogP contribution is 2.24. The summed E-state index contributed by atoms with van der Waals surface area (Å²) in [5, 5.41) is 11.2. The van der Waals surface area contributed by atoms with Crippen LogP contribution in [-0.2, 0) is 6.54 Å². The molecule has 0 bridgehead atoms.